The van der Waals surface area contributed by atoms with Crippen molar-refractivity contribution in [3.05, 3.63) is 33.8 Å². The Labute approximate surface area is 150 Å². The van der Waals surface area contributed by atoms with Gasteiger partial charge in [-0.15, -0.1) is 0 Å². The number of hydrogen-bond acceptors (Lipinski definition) is 4. The van der Waals surface area contributed by atoms with Crippen molar-refractivity contribution in [2.24, 2.45) is 16.3 Å². The molecule has 1 aliphatic heterocycles. The Kier molecular flexibility index (Phi) is 5.54. The molecule has 0 saturated heterocycles. The van der Waals surface area contributed by atoms with E-state index in [1.54, 1.807) is 32.0 Å². The van der Waals surface area contributed by atoms with Crippen LogP contribution in [0.3, 0.4) is 0 Å². The van der Waals surface area contributed by atoms with Crippen LogP contribution in [-0.2, 0) is 9.53 Å². The van der Waals surface area contributed by atoms with E-state index in [0.29, 0.717) is 21.3 Å². The molecule has 4 unspecified atom stereocenters. The summed E-state index contributed by atoms with van der Waals surface area (Å²) in [6.07, 6.45) is 0. The average molecular weight is 369 g/mol. The van der Waals surface area contributed by atoms with Gasteiger partial charge in [-0.2, -0.15) is 5.26 Å². The Morgan fingerprint density at radius 1 is 1.50 bits per heavy atom. The lowest BCUT2D eigenvalue weighted by atomic mass is 9.61. The molecule has 0 radical (unpaired) electrons. The number of carboxylic acids is 1. The first kappa shape index (κ1) is 18.7. The Morgan fingerprint density at radius 2 is 2.17 bits per heavy atom. The molecule has 1 N–H and O–H groups in total. The number of hydrogen-bond donors (Lipinski definition) is 1. The monoisotopic (exact) mass is 368 g/mol. The molecule has 1 aromatic carbocycles. The summed E-state index contributed by atoms with van der Waals surface area (Å²) >= 11 is 12.3. The van der Waals surface area contributed by atoms with E-state index >= 15 is 0 Å². The van der Waals surface area contributed by atoms with Crippen molar-refractivity contribution in [2.45, 2.75) is 25.8 Å². The number of rotatable bonds is 4. The standard InChI is InChI=1S/C17H18Cl2N2O3/c1-9-12(7-20)15(11-5-4-10(18)6-13(11)19)17(2,16(22)23)14(21-9)8-24-3/h4-6,12,14-15H,8H2,1-3H3,(H,22,23). The third-order valence-electron chi connectivity index (χ3n) is 4.70. The first-order valence-electron chi connectivity index (χ1n) is 7.38. The number of carboxylic acid groups (broad SMARTS) is 1. The first-order chi connectivity index (χ1) is 11.3. The maximum absolute atomic E-state index is 12.2. The number of benzene rings is 1. The quantitative estimate of drug-likeness (QED) is 0.875. The fourth-order valence-corrected chi connectivity index (χ4v) is 3.85. The summed E-state index contributed by atoms with van der Waals surface area (Å²) < 4.78 is 5.17. The molecule has 4 atom stereocenters. The van der Waals surface area contributed by atoms with Gasteiger partial charge in [0, 0.05) is 28.8 Å². The molecule has 1 aliphatic rings. The largest absolute Gasteiger partial charge is 0.481 e. The summed E-state index contributed by atoms with van der Waals surface area (Å²) in [6, 6.07) is 6.45. The van der Waals surface area contributed by atoms with E-state index in [0.717, 1.165) is 0 Å². The first-order valence-corrected chi connectivity index (χ1v) is 8.14. The van der Waals surface area contributed by atoms with Gasteiger partial charge in [0.15, 0.2) is 0 Å². The Bertz CT molecular complexity index is 729. The molecule has 0 amide bonds. The molecule has 0 bridgehead atoms. The minimum atomic E-state index is -1.34. The Hall–Kier alpha value is -1.61. The van der Waals surface area contributed by atoms with Crippen LogP contribution in [0.15, 0.2) is 23.2 Å². The summed E-state index contributed by atoms with van der Waals surface area (Å²) in [5, 5.41) is 20.4. The highest BCUT2D eigenvalue weighted by Crippen LogP contribution is 2.50. The second-order valence-electron chi connectivity index (χ2n) is 6.08. The van der Waals surface area contributed by atoms with Gasteiger partial charge < -0.3 is 9.84 Å². The van der Waals surface area contributed by atoms with Crippen LogP contribution in [0, 0.1) is 22.7 Å². The summed E-state index contributed by atoms with van der Waals surface area (Å²) in [4.78, 5) is 16.6. The van der Waals surface area contributed by atoms with Gasteiger partial charge in [-0.05, 0) is 31.5 Å². The Morgan fingerprint density at radius 3 is 2.67 bits per heavy atom. The summed E-state index contributed by atoms with van der Waals surface area (Å²) in [7, 11) is 1.49. The molecule has 0 spiro atoms. The zero-order valence-electron chi connectivity index (χ0n) is 13.6. The van der Waals surface area contributed by atoms with E-state index in [9.17, 15) is 15.2 Å². The Balaban J connectivity index is 2.73. The molecule has 1 heterocycles. The SMILES string of the molecule is COCC1N=C(C)C(C#N)C(c2ccc(Cl)cc2Cl)C1(C)C(=O)O. The minimum absolute atomic E-state index is 0.139. The minimum Gasteiger partial charge on any atom is -0.481 e. The highest BCUT2D eigenvalue weighted by molar-refractivity contribution is 6.35. The summed E-state index contributed by atoms with van der Waals surface area (Å²) in [5.74, 6) is -2.41. The van der Waals surface area contributed by atoms with Gasteiger partial charge in [0.2, 0.25) is 0 Å². The van der Waals surface area contributed by atoms with Crippen LogP contribution in [0.2, 0.25) is 10.0 Å². The van der Waals surface area contributed by atoms with Crippen LogP contribution in [-0.4, -0.2) is 36.5 Å². The highest BCUT2D eigenvalue weighted by atomic mass is 35.5. The smallest absolute Gasteiger partial charge is 0.312 e. The van der Waals surface area contributed by atoms with Crippen molar-refractivity contribution in [1.82, 2.24) is 0 Å². The number of aliphatic imine (C=N–C) groups is 1. The molecule has 24 heavy (non-hydrogen) atoms. The molecule has 0 fully saturated rings. The predicted octanol–water partition coefficient (Wildman–Crippen LogP) is 3.80. The predicted molar refractivity (Wildman–Crippen MR) is 92.8 cm³/mol. The van der Waals surface area contributed by atoms with Gasteiger partial charge in [-0.3, -0.25) is 9.79 Å². The van der Waals surface area contributed by atoms with Crippen LogP contribution >= 0.6 is 23.2 Å². The van der Waals surface area contributed by atoms with Crippen molar-refractivity contribution in [3.63, 3.8) is 0 Å². The van der Waals surface area contributed by atoms with E-state index in [2.05, 4.69) is 11.1 Å². The number of nitriles is 1. The summed E-state index contributed by atoms with van der Waals surface area (Å²) in [5.41, 5.74) is -0.185. The zero-order valence-corrected chi connectivity index (χ0v) is 15.1. The van der Waals surface area contributed by atoms with Gasteiger partial charge >= 0.3 is 5.97 Å². The molecule has 5 nitrogen and oxygen atoms in total. The number of halogens is 2. The van der Waals surface area contributed by atoms with E-state index < -0.39 is 29.3 Å². The topological polar surface area (TPSA) is 82.7 Å². The van der Waals surface area contributed by atoms with Gasteiger partial charge in [0.05, 0.1) is 30.1 Å². The number of aliphatic carboxylic acids is 1. The molecular formula is C17H18Cl2N2O3. The van der Waals surface area contributed by atoms with Crippen LogP contribution in [0.4, 0.5) is 0 Å². The van der Waals surface area contributed by atoms with Gasteiger partial charge in [0.25, 0.3) is 0 Å². The lowest BCUT2D eigenvalue weighted by Gasteiger charge is -2.44. The fraction of sp³-hybridized carbons (Fsp3) is 0.471. The van der Waals surface area contributed by atoms with Crippen LogP contribution in [0.5, 0.6) is 0 Å². The van der Waals surface area contributed by atoms with Crippen LogP contribution < -0.4 is 0 Å². The molecule has 0 aliphatic carbocycles. The lowest BCUT2D eigenvalue weighted by Crippen LogP contribution is -2.52. The van der Waals surface area contributed by atoms with Gasteiger partial charge in [-0.1, -0.05) is 29.3 Å². The number of carbonyl (C=O) groups is 1. The number of nitrogens with zero attached hydrogens (tertiary/aromatic N) is 2. The molecule has 7 heteroatoms. The van der Waals surface area contributed by atoms with Crippen molar-refractivity contribution < 1.29 is 14.6 Å². The van der Waals surface area contributed by atoms with E-state index in [1.165, 1.54) is 7.11 Å². The van der Waals surface area contributed by atoms with E-state index in [1.807, 2.05) is 0 Å². The third kappa shape index (κ3) is 3.02. The molecule has 128 valence electrons. The van der Waals surface area contributed by atoms with Gasteiger partial charge in [0.1, 0.15) is 0 Å². The second kappa shape index (κ2) is 7.10. The van der Waals surface area contributed by atoms with Crippen LogP contribution in [0.25, 0.3) is 0 Å². The van der Waals surface area contributed by atoms with Crippen molar-refractivity contribution >= 4 is 34.9 Å². The maximum Gasteiger partial charge on any atom is 0.312 e. The zero-order chi connectivity index (χ0) is 18.1. The molecule has 2 rings (SSSR count). The molecule has 0 saturated carbocycles. The molecule has 1 aromatic rings. The number of ether oxygens (including phenoxy) is 1. The number of methoxy groups -OCH3 is 1. The highest BCUT2D eigenvalue weighted by Gasteiger charge is 2.55. The fourth-order valence-electron chi connectivity index (χ4n) is 3.32. The summed E-state index contributed by atoms with van der Waals surface area (Å²) in [6.45, 7) is 3.46. The van der Waals surface area contributed by atoms with Crippen molar-refractivity contribution in [1.29, 1.82) is 5.26 Å². The van der Waals surface area contributed by atoms with E-state index in [4.69, 9.17) is 27.9 Å². The second-order valence-corrected chi connectivity index (χ2v) is 6.92. The average Bonchev–Trinajstić information content (AvgIpc) is 2.51. The van der Waals surface area contributed by atoms with Gasteiger partial charge in [-0.25, -0.2) is 0 Å². The normalized spacial score (nSPS) is 29.7. The lowest BCUT2D eigenvalue weighted by molar-refractivity contribution is -0.152. The van der Waals surface area contributed by atoms with Crippen LogP contribution in [0.1, 0.15) is 25.3 Å². The van der Waals surface area contributed by atoms with Crippen molar-refractivity contribution in [3.8, 4) is 6.07 Å². The molecule has 0 aromatic heterocycles. The maximum atomic E-state index is 12.2. The molecular weight excluding hydrogens is 351 g/mol. The van der Waals surface area contributed by atoms with E-state index in [-0.39, 0.29) is 6.61 Å². The third-order valence-corrected chi connectivity index (χ3v) is 5.27. The van der Waals surface area contributed by atoms with Crippen molar-refractivity contribution in [2.75, 3.05) is 13.7 Å².